The van der Waals surface area contributed by atoms with Crippen molar-refractivity contribution in [2.24, 2.45) is 0 Å². The van der Waals surface area contributed by atoms with Gasteiger partial charge in [0, 0.05) is 43.3 Å². The number of hydrogen-bond donors (Lipinski definition) is 3. The molecule has 0 radical (unpaired) electrons. The first-order valence-corrected chi connectivity index (χ1v) is 11.7. The van der Waals surface area contributed by atoms with E-state index in [0.29, 0.717) is 22.7 Å². The maximum absolute atomic E-state index is 13.8. The molecule has 0 bridgehead atoms. The summed E-state index contributed by atoms with van der Waals surface area (Å²) in [5.74, 6) is -1.92. The van der Waals surface area contributed by atoms with E-state index in [1.54, 1.807) is 6.92 Å². The first-order chi connectivity index (χ1) is 15.7. The monoisotopic (exact) mass is 499 g/mol. The number of carbonyl (C=O) groups excluding carboxylic acids is 1. The summed E-state index contributed by atoms with van der Waals surface area (Å²) in [5.41, 5.74) is 0.484. The zero-order valence-electron chi connectivity index (χ0n) is 18.5. The van der Waals surface area contributed by atoms with E-state index in [1.807, 2.05) is 0 Å². The summed E-state index contributed by atoms with van der Waals surface area (Å²) in [6.45, 7) is 6.85. The van der Waals surface area contributed by atoms with Gasteiger partial charge in [0.05, 0.1) is 0 Å². The molecule has 0 spiro atoms. The van der Waals surface area contributed by atoms with Crippen LogP contribution < -0.4 is 15.4 Å². The summed E-state index contributed by atoms with van der Waals surface area (Å²) in [6.07, 6.45) is 0.786. The minimum absolute atomic E-state index is 0.0512. The highest BCUT2D eigenvalue weighted by molar-refractivity contribution is 7.11. The van der Waals surface area contributed by atoms with Gasteiger partial charge in [-0.1, -0.05) is 11.6 Å². The van der Waals surface area contributed by atoms with Crippen molar-refractivity contribution in [3.8, 4) is 5.88 Å². The highest BCUT2D eigenvalue weighted by Gasteiger charge is 2.24. The molecule has 2 amide bonds. The molecule has 1 fully saturated rings. The van der Waals surface area contributed by atoms with Gasteiger partial charge >= 0.3 is 12.0 Å². The molecule has 0 saturated carbocycles. The average molecular weight is 500 g/mol. The van der Waals surface area contributed by atoms with Gasteiger partial charge in [0.25, 0.3) is 0 Å². The van der Waals surface area contributed by atoms with Crippen LogP contribution in [0.15, 0.2) is 12.1 Å². The molecule has 1 aromatic carbocycles. The topological polar surface area (TPSA) is 107 Å². The van der Waals surface area contributed by atoms with Crippen LogP contribution in [-0.2, 0) is 6.61 Å². The molecule has 1 saturated heterocycles. The molecule has 3 N–H and O–H groups in total. The van der Waals surface area contributed by atoms with Crippen molar-refractivity contribution in [3.05, 3.63) is 39.7 Å². The van der Waals surface area contributed by atoms with Crippen LogP contribution in [0.4, 0.5) is 14.2 Å². The van der Waals surface area contributed by atoms with Crippen LogP contribution >= 0.6 is 23.1 Å². The van der Waals surface area contributed by atoms with Crippen LogP contribution in [0.2, 0.25) is 5.02 Å². The van der Waals surface area contributed by atoms with E-state index in [0.717, 1.165) is 50.7 Å². The molecule has 0 atom stereocenters. The molecule has 1 aliphatic rings. The van der Waals surface area contributed by atoms with Crippen LogP contribution in [0, 0.1) is 12.7 Å². The largest absolute Gasteiger partial charge is 0.477 e. The second kappa shape index (κ2) is 11.6. The van der Waals surface area contributed by atoms with Crippen molar-refractivity contribution in [1.29, 1.82) is 0 Å². The summed E-state index contributed by atoms with van der Waals surface area (Å²) in [7, 11) is 2.10. The number of carboxylic acids is 1. The van der Waals surface area contributed by atoms with Gasteiger partial charge < -0.3 is 25.0 Å². The van der Waals surface area contributed by atoms with Crippen LogP contribution in [0.25, 0.3) is 0 Å². The number of benzene rings is 1. The normalized spacial score (nSPS) is 14.8. The van der Waals surface area contributed by atoms with Crippen molar-refractivity contribution in [3.63, 3.8) is 0 Å². The molecule has 3 rings (SSSR count). The van der Waals surface area contributed by atoms with Gasteiger partial charge in [-0.15, -0.1) is 0 Å². The number of aryl methyl sites for hydroxylation is 1. The number of rotatable bonds is 9. The molecule has 0 unspecified atom stereocenters. The zero-order chi connectivity index (χ0) is 24.0. The Kier molecular flexibility index (Phi) is 8.84. The fraction of sp³-hybridized carbons (Fsp3) is 0.476. The fourth-order valence-corrected chi connectivity index (χ4v) is 4.31. The third-order valence-electron chi connectivity index (χ3n) is 5.33. The van der Waals surface area contributed by atoms with Crippen molar-refractivity contribution in [1.82, 2.24) is 19.5 Å². The lowest BCUT2D eigenvalue weighted by atomic mass is 10.1. The number of piperazine rings is 1. The quantitative estimate of drug-likeness (QED) is 0.454. The number of halogens is 2. The second-order valence-corrected chi connectivity index (χ2v) is 9.04. The summed E-state index contributed by atoms with van der Waals surface area (Å²) in [6, 6.07) is 2.18. The Balaban J connectivity index is 1.52. The van der Waals surface area contributed by atoms with Crippen LogP contribution in [-0.4, -0.2) is 77.6 Å². The summed E-state index contributed by atoms with van der Waals surface area (Å²) in [4.78, 5) is 28.6. The van der Waals surface area contributed by atoms with Gasteiger partial charge in [0.1, 0.15) is 17.4 Å². The minimum atomic E-state index is -1.30. The molecule has 12 heteroatoms. The van der Waals surface area contributed by atoms with Crippen molar-refractivity contribution >= 4 is 40.1 Å². The number of aromatic carboxylic acids is 1. The third-order valence-corrected chi connectivity index (χ3v) is 6.42. The average Bonchev–Trinajstić information content (AvgIpc) is 3.16. The second-order valence-electron chi connectivity index (χ2n) is 7.86. The van der Waals surface area contributed by atoms with Gasteiger partial charge in [0.2, 0.25) is 5.88 Å². The molecule has 1 aromatic heterocycles. The molecule has 9 nitrogen and oxygen atoms in total. The maximum atomic E-state index is 13.8. The van der Waals surface area contributed by atoms with Gasteiger partial charge in [-0.3, -0.25) is 5.32 Å². The van der Waals surface area contributed by atoms with Gasteiger partial charge in [-0.25, -0.2) is 14.0 Å². The minimum Gasteiger partial charge on any atom is -0.477 e. The number of hydrogen-bond acceptors (Lipinski definition) is 7. The number of amides is 2. The molecule has 33 heavy (non-hydrogen) atoms. The van der Waals surface area contributed by atoms with E-state index in [2.05, 4.69) is 31.9 Å². The Bertz CT molecular complexity index is 997. The van der Waals surface area contributed by atoms with E-state index in [4.69, 9.17) is 16.3 Å². The number of nitrogens with one attached hydrogen (secondary N) is 2. The standard InChI is InChI=1S/C21H27ClFN5O4S/c1-13-10-15(22)14(11-16(13)23)12-32-18-17(20(29)30)19(33-26-18)25-21(31)24-4-3-5-28-8-6-27(2)7-9-28/h10-11H,3-9,12H2,1-2H3,(H,29,30)(H2,24,25,31). The predicted molar refractivity (Wildman–Crippen MR) is 125 cm³/mol. The molecule has 2 heterocycles. The van der Waals surface area contributed by atoms with Crippen molar-refractivity contribution < 1.29 is 23.8 Å². The lowest BCUT2D eigenvalue weighted by molar-refractivity contribution is 0.0693. The van der Waals surface area contributed by atoms with Crippen LogP contribution in [0.1, 0.15) is 27.9 Å². The van der Waals surface area contributed by atoms with E-state index in [-0.39, 0.29) is 23.1 Å². The molecule has 0 aliphatic carbocycles. The number of anilines is 1. The summed E-state index contributed by atoms with van der Waals surface area (Å²) >= 11 is 6.90. The van der Waals surface area contributed by atoms with Crippen LogP contribution in [0.5, 0.6) is 5.88 Å². The first-order valence-electron chi connectivity index (χ1n) is 10.5. The summed E-state index contributed by atoms with van der Waals surface area (Å²) in [5, 5.41) is 15.2. The van der Waals surface area contributed by atoms with Crippen molar-refractivity contribution in [2.75, 3.05) is 51.6 Å². The fourth-order valence-electron chi connectivity index (χ4n) is 3.32. The van der Waals surface area contributed by atoms with E-state index >= 15 is 0 Å². The number of carboxylic acid groups (broad SMARTS) is 1. The van der Waals surface area contributed by atoms with Crippen LogP contribution in [0.3, 0.4) is 0 Å². The molecule has 180 valence electrons. The molecule has 2 aromatic rings. The smallest absolute Gasteiger partial charge is 0.344 e. The highest BCUT2D eigenvalue weighted by atomic mass is 35.5. The molecule has 1 aliphatic heterocycles. The van der Waals surface area contributed by atoms with Gasteiger partial charge in [-0.2, -0.15) is 4.37 Å². The molecular formula is C21H27ClFN5O4S. The Morgan fingerprint density at radius 2 is 2.03 bits per heavy atom. The number of likely N-dealkylation sites (N-methyl/N-ethyl adjacent to an activating group) is 1. The first kappa shape index (κ1) is 25.2. The lowest BCUT2D eigenvalue weighted by Gasteiger charge is -2.32. The lowest BCUT2D eigenvalue weighted by Crippen LogP contribution is -2.45. The van der Waals surface area contributed by atoms with E-state index in [1.165, 1.54) is 12.1 Å². The number of carbonyl (C=O) groups is 2. The van der Waals surface area contributed by atoms with Crippen molar-refractivity contribution in [2.45, 2.75) is 20.0 Å². The predicted octanol–water partition coefficient (Wildman–Crippen LogP) is 3.28. The van der Waals surface area contributed by atoms with E-state index in [9.17, 15) is 19.1 Å². The number of aromatic nitrogens is 1. The Labute approximate surface area is 200 Å². The Hall–Kier alpha value is -2.47. The molecular weight excluding hydrogens is 473 g/mol. The SMILES string of the molecule is Cc1cc(Cl)c(COc2nsc(NC(=O)NCCCN3CCN(C)CC3)c2C(=O)O)cc1F. The third kappa shape index (κ3) is 7.00. The van der Waals surface area contributed by atoms with E-state index < -0.39 is 17.8 Å². The number of urea groups is 1. The number of nitrogens with zero attached hydrogens (tertiary/aromatic N) is 3. The Morgan fingerprint density at radius 1 is 1.30 bits per heavy atom. The Morgan fingerprint density at radius 3 is 2.73 bits per heavy atom. The zero-order valence-corrected chi connectivity index (χ0v) is 20.1. The maximum Gasteiger partial charge on any atom is 0.344 e. The summed E-state index contributed by atoms with van der Waals surface area (Å²) < 4.78 is 23.3. The van der Waals surface area contributed by atoms with Gasteiger partial charge in [0.15, 0.2) is 5.56 Å². The highest BCUT2D eigenvalue weighted by Crippen LogP contribution is 2.32. The van der Waals surface area contributed by atoms with Gasteiger partial charge in [-0.05, 0) is 56.2 Å². The number of ether oxygens (including phenoxy) is 1.